The van der Waals surface area contributed by atoms with Gasteiger partial charge < -0.3 is 4.74 Å². The lowest BCUT2D eigenvalue weighted by molar-refractivity contribution is -0.169. The first-order valence-electron chi connectivity index (χ1n) is 13.2. The van der Waals surface area contributed by atoms with E-state index in [-0.39, 0.29) is 23.4 Å². The van der Waals surface area contributed by atoms with Crippen molar-refractivity contribution in [1.82, 2.24) is 15.0 Å². The zero-order valence-corrected chi connectivity index (χ0v) is 21.5. The van der Waals surface area contributed by atoms with E-state index in [4.69, 9.17) is 4.74 Å². The minimum atomic E-state index is -0.460. The molecule has 0 aliphatic heterocycles. The number of allylic oxidation sites excluding steroid dienone is 3. The Kier molecular flexibility index (Phi) is 6.23. The fraction of sp³-hybridized carbons (Fsp3) is 0.567. The van der Waals surface area contributed by atoms with Crippen LogP contribution in [0.25, 0.3) is 0 Å². The van der Waals surface area contributed by atoms with Crippen molar-refractivity contribution in [2.24, 2.45) is 28.1 Å². The highest BCUT2D eigenvalue weighted by Crippen LogP contribution is 2.64. The van der Waals surface area contributed by atoms with Gasteiger partial charge in [0, 0.05) is 0 Å². The van der Waals surface area contributed by atoms with E-state index in [2.05, 4.69) is 61.9 Å². The molecule has 5 heteroatoms. The summed E-state index contributed by atoms with van der Waals surface area (Å²) < 4.78 is 7.72. The summed E-state index contributed by atoms with van der Waals surface area (Å²) in [7, 11) is 0. The number of hydrogen-bond donors (Lipinski definition) is 0. The van der Waals surface area contributed by atoms with Gasteiger partial charge in [0.2, 0.25) is 0 Å². The highest BCUT2D eigenvalue weighted by Gasteiger charge is 2.58. The highest BCUT2D eigenvalue weighted by atomic mass is 16.5. The van der Waals surface area contributed by atoms with Crippen LogP contribution in [0.2, 0.25) is 0 Å². The lowest BCUT2D eigenvalue weighted by atomic mass is 9.46. The Hall–Kier alpha value is -2.69. The van der Waals surface area contributed by atoms with Gasteiger partial charge in [0.05, 0.1) is 18.2 Å². The van der Waals surface area contributed by atoms with Crippen LogP contribution in [0.4, 0.5) is 0 Å². The molecule has 0 radical (unpaired) electrons. The van der Waals surface area contributed by atoms with E-state index in [1.54, 1.807) is 10.3 Å². The van der Waals surface area contributed by atoms with Gasteiger partial charge in [0.15, 0.2) is 0 Å². The Bertz CT molecular complexity index is 1120. The summed E-state index contributed by atoms with van der Waals surface area (Å²) in [6, 6.07) is 10.2. The molecule has 5 atom stereocenters. The number of benzene rings is 1. The van der Waals surface area contributed by atoms with Crippen LogP contribution in [0.1, 0.15) is 77.0 Å². The topological polar surface area (TPSA) is 57.0 Å². The summed E-state index contributed by atoms with van der Waals surface area (Å²) in [6.07, 6.45) is 14.1. The quantitative estimate of drug-likeness (QED) is 0.355. The Balaban J connectivity index is 1.28. The second-order valence-corrected chi connectivity index (χ2v) is 11.9. The minimum Gasteiger partial charge on any atom is -0.459 e. The smallest absolute Gasteiger partial charge is 0.312 e. The Labute approximate surface area is 209 Å². The SMILES string of the molecule is C=C[C@@]1(C)CC=C2[C@@H](CC[C@@H]3[C@](C)(C(=O)OCc4cn(Cc5ccccc5)nn4)CCC[C@@]23C)C1. The van der Waals surface area contributed by atoms with Crippen LogP contribution < -0.4 is 0 Å². The van der Waals surface area contributed by atoms with Gasteiger partial charge in [-0.25, -0.2) is 4.68 Å². The molecule has 0 spiro atoms. The van der Waals surface area contributed by atoms with Gasteiger partial charge in [-0.1, -0.05) is 73.5 Å². The van der Waals surface area contributed by atoms with Crippen LogP contribution in [0.5, 0.6) is 0 Å². The lowest BCUT2D eigenvalue weighted by Crippen LogP contribution is -2.53. The van der Waals surface area contributed by atoms with Crippen molar-refractivity contribution >= 4 is 5.97 Å². The lowest BCUT2D eigenvalue weighted by Gasteiger charge is -2.58. The Morgan fingerprint density at radius 2 is 2.00 bits per heavy atom. The minimum absolute atomic E-state index is 0.0724. The average molecular weight is 474 g/mol. The molecule has 2 aromatic rings. The van der Waals surface area contributed by atoms with Crippen molar-refractivity contribution in [3.8, 4) is 0 Å². The van der Waals surface area contributed by atoms with Crippen molar-refractivity contribution in [3.05, 3.63) is 72.1 Å². The largest absolute Gasteiger partial charge is 0.459 e. The first kappa shape index (κ1) is 24.0. The highest BCUT2D eigenvalue weighted by molar-refractivity contribution is 5.77. The number of fused-ring (bicyclic) bond motifs is 3. The molecule has 5 nitrogen and oxygen atoms in total. The number of carbonyl (C=O) groups is 1. The monoisotopic (exact) mass is 473 g/mol. The summed E-state index contributed by atoms with van der Waals surface area (Å²) in [5.74, 6) is 0.864. The number of carbonyl (C=O) groups excluding carboxylic acids is 1. The molecule has 3 aliphatic carbocycles. The first-order chi connectivity index (χ1) is 16.8. The zero-order chi connectivity index (χ0) is 24.7. The Morgan fingerprint density at radius 3 is 2.77 bits per heavy atom. The molecule has 3 aliphatic rings. The molecule has 2 fully saturated rings. The second kappa shape index (κ2) is 9.07. The van der Waals surface area contributed by atoms with E-state index in [0.717, 1.165) is 37.7 Å². The van der Waals surface area contributed by atoms with Gasteiger partial charge >= 0.3 is 5.97 Å². The summed E-state index contributed by atoms with van der Waals surface area (Å²) >= 11 is 0. The third-order valence-electron chi connectivity index (χ3n) is 9.42. The zero-order valence-electron chi connectivity index (χ0n) is 21.5. The van der Waals surface area contributed by atoms with Crippen LogP contribution in [0.15, 0.2) is 60.8 Å². The summed E-state index contributed by atoms with van der Waals surface area (Å²) in [6.45, 7) is 11.8. The predicted octanol–water partition coefficient (Wildman–Crippen LogP) is 6.50. The van der Waals surface area contributed by atoms with Gasteiger partial charge in [-0.3, -0.25) is 4.79 Å². The van der Waals surface area contributed by atoms with Crippen LogP contribution >= 0.6 is 0 Å². The molecule has 0 saturated heterocycles. The van der Waals surface area contributed by atoms with Crippen LogP contribution in [0, 0.1) is 28.1 Å². The van der Waals surface area contributed by atoms with E-state index >= 15 is 0 Å². The molecule has 5 rings (SSSR count). The summed E-state index contributed by atoms with van der Waals surface area (Å²) in [5, 5.41) is 8.46. The number of nitrogens with zero attached hydrogens (tertiary/aromatic N) is 3. The first-order valence-corrected chi connectivity index (χ1v) is 13.2. The fourth-order valence-corrected chi connectivity index (χ4v) is 7.42. The second-order valence-electron chi connectivity index (χ2n) is 11.9. The number of hydrogen-bond acceptors (Lipinski definition) is 4. The molecule has 1 heterocycles. The van der Waals surface area contributed by atoms with Gasteiger partial charge in [-0.15, -0.1) is 11.7 Å². The molecule has 0 bridgehead atoms. The number of ether oxygens (including phenoxy) is 1. The summed E-state index contributed by atoms with van der Waals surface area (Å²) in [4.78, 5) is 13.6. The van der Waals surface area contributed by atoms with Gasteiger partial charge in [-0.2, -0.15) is 0 Å². The van der Waals surface area contributed by atoms with Crippen molar-refractivity contribution in [2.45, 2.75) is 78.9 Å². The molecule has 186 valence electrons. The number of aromatic nitrogens is 3. The van der Waals surface area contributed by atoms with Gasteiger partial charge in [0.1, 0.15) is 12.3 Å². The van der Waals surface area contributed by atoms with Crippen LogP contribution in [-0.4, -0.2) is 21.0 Å². The molecule has 2 saturated carbocycles. The molecular weight excluding hydrogens is 434 g/mol. The van der Waals surface area contributed by atoms with E-state index in [9.17, 15) is 4.79 Å². The van der Waals surface area contributed by atoms with Crippen molar-refractivity contribution < 1.29 is 9.53 Å². The number of esters is 1. The van der Waals surface area contributed by atoms with E-state index in [1.807, 2.05) is 24.4 Å². The molecule has 1 aromatic heterocycles. The molecule has 1 aromatic carbocycles. The maximum Gasteiger partial charge on any atom is 0.312 e. The summed E-state index contributed by atoms with van der Waals surface area (Å²) in [5.41, 5.74) is 3.28. The van der Waals surface area contributed by atoms with E-state index in [0.29, 0.717) is 24.1 Å². The van der Waals surface area contributed by atoms with Crippen molar-refractivity contribution in [3.63, 3.8) is 0 Å². The maximum atomic E-state index is 13.6. The van der Waals surface area contributed by atoms with E-state index in [1.165, 1.54) is 12.8 Å². The predicted molar refractivity (Wildman–Crippen MR) is 137 cm³/mol. The fourth-order valence-electron chi connectivity index (χ4n) is 7.42. The molecule has 0 N–H and O–H groups in total. The van der Waals surface area contributed by atoms with E-state index < -0.39 is 5.41 Å². The van der Waals surface area contributed by atoms with Crippen LogP contribution in [-0.2, 0) is 22.7 Å². The maximum absolute atomic E-state index is 13.6. The number of rotatable bonds is 6. The average Bonchev–Trinajstić information content (AvgIpc) is 3.30. The molecule has 0 unspecified atom stereocenters. The molecule has 0 amide bonds. The third kappa shape index (κ3) is 4.39. The van der Waals surface area contributed by atoms with Crippen LogP contribution in [0.3, 0.4) is 0 Å². The molecular formula is C30H39N3O2. The van der Waals surface area contributed by atoms with Crippen molar-refractivity contribution in [2.75, 3.05) is 0 Å². The normalized spacial score (nSPS) is 34.3. The van der Waals surface area contributed by atoms with Gasteiger partial charge in [0.25, 0.3) is 0 Å². The third-order valence-corrected chi connectivity index (χ3v) is 9.42. The van der Waals surface area contributed by atoms with Gasteiger partial charge in [-0.05, 0) is 73.7 Å². The standard InChI is InChI=1S/C30H39N3O2/c1-5-28(2)17-14-25-23(18-28)12-13-26-29(25,3)15-9-16-30(26,4)27(34)35-21-24-20-33(32-31-24)19-22-10-7-6-8-11-22/h5-8,10-11,14,20,23,26H,1,9,12-13,15-19,21H2,2-4H3/t23-,26-,28-,29-,30+/m0/s1. The Morgan fingerprint density at radius 1 is 1.20 bits per heavy atom. The molecule has 35 heavy (non-hydrogen) atoms. The van der Waals surface area contributed by atoms with Crippen molar-refractivity contribution in [1.29, 1.82) is 0 Å².